The van der Waals surface area contributed by atoms with Gasteiger partial charge in [0.05, 0.1) is 0 Å². The normalized spacial score (nSPS) is 10.4. The second-order valence-electron chi connectivity index (χ2n) is 5.81. The fourth-order valence-corrected chi connectivity index (χ4v) is 2.63. The van der Waals surface area contributed by atoms with Gasteiger partial charge >= 0.3 is 0 Å². The highest BCUT2D eigenvalue weighted by atomic mass is 16.6. The second-order valence-corrected chi connectivity index (χ2v) is 5.81. The van der Waals surface area contributed by atoms with Crippen LogP contribution in [0, 0.1) is 0 Å². The standard InChI is InChI=1S/C22H17N3O2/c1-4-10-17(11-5-1)21(18-12-6-2-7-13-18)25-26-16-20-23-24-22(27-20)19-14-8-3-9-15-19/h1-15H,16H2. The molecule has 0 fully saturated rings. The molecule has 0 atom stereocenters. The third kappa shape index (κ3) is 4.10. The van der Waals surface area contributed by atoms with Crippen molar-refractivity contribution >= 4 is 5.71 Å². The SMILES string of the molecule is c1ccc(C(=NOCc2nnc(-c3ccccc3)o2)c2ccccc2)cc1. The van der Waals surface area contributed by atoms with E-state index in [0.29, 0.717) is 11.8 Å². The van der Waals surface area contributed by atoms with Gasteiger partial charge in [-0.3, -0.25) is 0 Å². The van der Waals surface area contributed by atoms with E-state index in [-0.39, 0.29) is 6.61 Å². The molecule has 4 rings (SSSR count). The van der Waals surface area contributed by atoms with Gasteiger partial charge in [0.2, 0.25) is 5.89 Å². The molecule has 0 bridgehead atoms. The minimum atomic E-state index is 0.100. The third-order valence-electron chi connectivity index (χ3n) is 3.93. The predicted octanol–water partition coefficient (Wildman–Crippen LogP) is 4.71. The molecule has 5 heteroatoms. The lowest BCUT2D eigenvalue weighted by Gasteiger charge is -2.06. The number of hydrogen-bond acceptors (Lipinski definition) is 5. The van der Waals surface area contributed by atoms with Crippen LogP contribution in [0.3, 0.4) is 0 Å². The van der Waals surface area contributed by atoms with E-state index in [4.69, 9.17) is 9.25 Å². The lowest BCUT2D eigenvalue weighted by Crippen LogP contribution is -2.04. The molecule has 3 aromatic carbocycles. The van der Waals surface area contributed by atoms with Crippen LogP contribution in [0.4, 0.5) is 0 Å². The molecule has 1 aromatic heterocycles. The smallest absolute Gasteiger partial charge is 0.257 e. The molecule has 0 aliphatic heterocycles. The maximum Gasteiger partial charge on any atom is 0.257 e. The molecule has 0 unspecified atom stereocenters. The molecule has 27 heavy (non-hydrogen) atoms. The number of nitrogens with zero attached hydrogens (tertiary/aromatic N) is 3. The second kappa shape index (κ2) is 8.10. The first kappa shape index (κ1) is 16.7. The lowest BCUT2D eigenvalue weighted by molar-refractivity contribution is 0.111. The number of rotatable bonds is 6. The molecule has 0 saturated carbocycles. The van der Waals surface area contributed by atoms with Crippen molar-refractivity contribution in [1.29, 1.82) is 0 Å². The number of aromatic nitrogens is 2. The molecule has 5 nitrogen and oxygen atoms in total. The Morgan fingerprint density at radius 1 is 0.741 bits per heavy atom. The van der Waals surface area contributed by atoms with E-state index in [1.54, 1.807) is 0 Å². The first-order valence-electron chi connectivity index (χ1n) is 8.59. The summed E-state index contributed by atoms with van der Waals surface area (Å²) in [5.74, 6) is 0.836. The zero-order chi connectivity index (χ0) is 18.3. The van der Waals surface area contributed by atoms with E-state index < -0.39 is 0 Å². The highest BCUT2D eigenvalue weighted by molar-refractivity contribution is 6.12. The zero-order valence-electron chi connectivity index (χ0n) is 14.5. The van der Waals surface area contributed by atoms with E-state index in [1.165, 1.54) is 0 Å². The third-order valence-corrected chi connectivity index (χ3v) is 3.93. The summed E-state index contributed by atoms with van der Waals surface area (Å²) < 4.78 is 5.65. The van der Waals surface area contributed by atoms with Gasteiger partial charge in [0, 0.05) is 16.7 Å². The Morgan fingerprint density at radius 3 is 1.89 bits per heavy atom. The van der Waals surface area contributed by atoms with Gasteiger partial charge in [-0.05, 0) is 12.1 Å². The summed E-state index contributed by atoms with van der Waals surface area (Å²) >= 11 is 0. The van der Waals surface area contributed by atoms with E-state index in [0.717, 1.165) is 22.4 Å². The fourth-order valence-electron chi connectivity index (χ4n) is 2.63. The summed E-state index contributed by atoms with van der Waals surface area (Å²) in [6.45, 7) is 0.100. The van der Waals surface area contributed by atoms with Gasteiger partial charge in [-0.15, -0.1) is 10.2 Å². The van der Waals surface area contributed by atoms with Crippen molar-refractivity contribution in [3.8, 4) is 11.5 Å². The minimum absolute atomic E-state index is 0.100. The van der Waals surface area contributed by atoms with Crippen LogP contribution < -0.4 is 0 Å². The summed E-state index contributed by atoms with van der Waals surface area (Å²) in [6, 6.07) is 29.4. The molecule has 0 spiro atoms. The molecular formula is C22H17N3O2. The first-order valence-corrected chi connectivity index (χ1v) is 8.59. The average Bonchev–Trinajstić information content (AvgIpc) is 3.22. The molecule has 0 aliphatic carbocycles. The van der Waals surface area contributed by atoms with Gasteiger partial charge in [-0.1, -0.05) is 84.0 Å². The summed E-state index contributed by atoms with van der Waals surface area (Å²) in [5.41, 5.74) is 3.56. The average molecular weight is 355 g/mol. The first-order chi connectivity index (χ1) is 13.4. The molecule has 0 radical (unpaired) electrons. The summed E-state index contributed by atoms with van der Waals surface area (Å²) in [4.78, 5) is 5.53. The number of oxime groups is 1. The Bertz CT molecular complexity index is 972. The molecule has 0 saturated heterocycles. The molecule has 4 aromatic rings. The number of hydrogen-bond donors (Lipinski definition) is 0. The van der Waals surface area contributed by atoms with Crippen LogP contribution in [0.2, 0.25) is 0 Å². The monoisotopic (exact) mass is 355 g/mol. The van der Waals surface area contributed by atoms with Crippen LogP contribution in [-0.2, 0) is 11.4 Å². The largest absolute Gasteiger partial charge is 0.417 e. The summed E-state index contributed by atoms with van der Waals surface area (Å²) in [6.07, 6.45) is 0. The van der Waals surface area contributed by atoms with Gasteiger partial charge < -0.3 is 9.25 Å². The van der Waals surface area contributed by atoms with Crippen molar-refractivity contribution in [2.75, 3.05) is 0 Å². The van der Waals surface area contributed by atoms with Crippen LogP contribution in [-0.4, -0.2) is 15.9 Å². The van der Waals surface area contributed by atoms with Crippen molar-refractivity contribution in [3.63, 3.8) is 0 Å². The van der Waals surface area contributed by atoms with Crippen LogP contribution in [0.25, 0.3) is 11.5 Å². The van der Waals surface area contributed by atoms with E-state index in [9.17, 15) is 0 Å². The molecular weight excluding hydrogens is 338 g/mol. The zero-order valence-corrected chi connectivity index (χ0v) is 14.5. The lowest BCUT2D eigenvalue weighted by atomic mass is 10.0. The molecule has 0 aliphatic rings. The molecule has 0 amide bonds. The maximum atomic E-state index is 5.65. The Balaban J connectivity index is 1.52. The topological polar surface area (TPSA) is 60.5 Å². The highest BCUT2D eigenvalue weighted by Gasteiger charge is 2.10. The van der Waals surface area contributed by atoms with Crippen LogP contribution in [0.5, 0.6) is 0 Å². The molecule has 1 heterocycles. The van der Waals surface area contributed by atoms with Crippen molar-refractivity contribution in [1.82, 2.24) is 10.2 Å². The predicted molar refractivity (Wildman–Crippen MR) is 103 cm³/mol. The van der Waals surface area contributed by atoms with E-state index >= 15 is 0 Å². The Kier molecular flexibility index (Phi) is 5.02. The maximum absolute atomic E-state index is 5.65. The van der Waals surface area contributed by atoms with Crippen LogP contribution in [0.1, 0.15) is 17.0 Å². The molecule has 132 valence electrons. The van der Waals surface area contributed by atoms with Crippen molar-refractivity contribution < 1.29 is 9.25 Å². The Hall–Kier alpha value is -3.73. The van der Waals surface area contributed by atoms with E-state index in [1.807, 2.05) is 91.0 Å². The van der Waals surface area contributed by atoms with Gasteiger partial charge in [0.1, 0.15) is 5.71 Å². The number of benzene rings is 3. The summed E-state index contributed by atoms with van der Waals surface area (Å²) in [7, 11) is 0. The van der Waals surface area contributed by atoms with Crippen molar-refractivity contribution in [3.05, 3.63) is 108 Å². The van der Waals surface area contributed by atoms with Crippen molar-refractivity contribution in [2.45, 2.75) is 6.61 Å². The van der Waals surface area contributed by atoms with Gasteiger partial charge in [-0.2, -0.15) is 0 Å². The van der Waals surface area contributed by atoms with Gasteiger partial charge in [0.25, 0.3) is 5.89 Å². The quantitative estimate of drug-likeness (QED) is 0.371. The highest BCUT2D eigenvalue weighted by Crippen LogP contribution is 2.17. The summed E-state index contributed by atoms with van der Waals surface area (Å²) in [5, 5.41) is 12.4. The van der Waals surface area contributed by atoms with E-state index in [2.05, 4.69) is 15.4 Å². The van der Waals surface area contributed by atoms with Crippen LogP contribution >= 0.6 is 0 Å². The van der Waals surface area contributed by atoms with Gasteiger partial charge in [0.15, 0.2) is 6.61 Å². The Morgan fingerprint density at radius 2 is 1.30 bits per heavy atom. The molecule has 0 N–H and O–H groups in total. The van der Waals surface area contributed by atoms with Crippen LogP contribution in [0.15, 0.2) is 101 Å². The van der Waals surface area contributed by atoms with Crippen molar-refractivity contribution in [2.24, 2.45) is 5.16 Å². The fraction of sp³-hybridized carbons (Fsp3) is 0.0455. The Labute approximate surface area is 156 Å². The minimum Gasteiger partial charge on any atom is -0.417 e. The van der Waals surface area contributed by atoms with Gasteiger partial charge in [-0.25, -0.2) is 0 Å².